The van der Waals surface area contributed by atoms with Gasteiger partial charge in [0, 0.05) is 0 Å². The first-order valence-electron chi connectivity index (χ1n) is 4.50. The molecule has 2 rings (SSSR count). The van der Waals surface area contributed by atoms with Crippen LogP contribution in [0.3, 0.4) is 0 Å². The summed E-state index contributed by atoms with van der Waals surface area (Å²) in [5.41, 5.74) is 2.91. The Bertz CT molecular complexity index is 460. The van der Waals surface area contributed by atoms with Crippen molar-refractivity contribution in [3.63, 3.8) is 0 Å². The molecule has 0 saturated heterocycles. The van der Waals surface area contributed by atoms with E-state index in [-0.39, 0.29) is 5.75 Å². The van der Waals surface area contributed by atoms with Crippen LogP contribution in [0, 0.1) is 13.8 Å². The maximum Gasteiger partial charge on any atom is 0.156 e. The Morgan fingerprint density at radius 3 is 2.50 bits per heavy atom. The van der Waals surface area contributed by atoms with Crippen molar-refractivity contribution in [2.45, 2.75) is 13.8 Å². The van der Waals surface area contributed by atoms with Crippen molar-refractivity contribution < 1.29 is 5.11 Å². The number of rotatable bonds is 1. The zero-order valence-corrected chi connectivity index (χ0v) is 8.23. The van der Waals surface area contributed by atoms with Gasteiger partial charge in [-0.25, -0.2) is 4.68 Å². The summed E-state index contributed by atoms with van der Waals surface area (Å²) in [4.78, 5) is 0. The fraction of sp³-hybridized carbons (Fsp3) is 0.182. The zero-order chi connectivity index (χ0) is 10.1. The third-order valence-electron chi connectivity index (χ3n) is 2.33. The molecule has 2 aromatic rings. The zero-order valence-electron chi connectivity index (χ0n) is 8.23. The summed E-state index contributed by atoms with van der Waals surface area (Å²) < 4.78 is 1.74. The van der Waals surface area contributed by atoms with Crippen LogP contribution in [0.1, 0.15) is 11.3 Å². The Hall–Kier alpha value is -1.77. The van der Waals surface area contributed by atoms with E-state index in [2.05, 4.69) is 5.10 Å². The van der Waals surface area contributed by atoms with Gasteiger partial charge in [-0.15, -0.1) is 0 Å². The molecule has 0 spiro atoms. The quantitative estimate of drug-likeness (QED) is 0.745. The molecule has 0 aliphatic rings. The number of hydrogen-bond acceptors (Lipinski definition) is 2. The summed E-state index contributed by atoms with van der Waals surface area (Å²) in [5.74, 6) is 0.230. The average molecular weight is 188 g/mol. The number of aromatic nitrogens is 2. The molecule has 72 valence electrons. The number of para-hydroxylation sites is 1. The van der Waals surface area contributed by atoms with E-state index in [9.17, 15) is 5.11 Å². The molecule has 0 saturated carbocycles. The molecule has 0 radical (unpaired) electrons. The molecule has 1 heterocycles. The highest BCUT2D eigenvalue weighted by Gasteiger charge is 2.07. The summed E-state index contributed by atoms with van der Waals surface area (Å²) in [7, 11) is 0. The Morgan fingerprint density at radius 2 is 1.93 bits per heavy atom. The third kappa shape index (κ3) is 1.27. The highest BCUT2D eigenvalue weighted by Crippen LogP contribution is 2.20. The summed E-state index contributed by atoms with van der Waals surface area (Å²) in [6, 6.07) is 7.94. The number of aromatic hydroxyl groups is 1. The van der Waals surface area contributed by atoms with Crippen LogP contribution >= 0.6 is 0 Å². The summed E-state index contributed by atoms with van der Waals surface area (Å²) in [6.45, 7) is 3.86. The van der Waals surface area contributed by atoms with E-state index < -0.39 is 0 Å². The van der Waals surface area contributed by atoms with E-state index in [1.807, 2.05) is 38.1 Å². The highest BCUT2D eigenvalue weighted by molar-refractivity contribution is 5.42. The van der Waals surface area contributed by atoms with Gasteiger partial charge in [0.2, 0.25) is 0 Å². The van der Waals surface area contributed by atoms with Gasteiger partial charge in [-0.3, -0.25) is 0 Å². The Kier molecular flexibility index (Phi) is 2.00. The molecule has 3 nitrogen and oxygen atoms in total. The molecule has 0 atom stereocenters. The first-order valence-corrected chi connectivity index (χ1v) is 4.50. The van der Waals surface area contributed by atoms with E-state index >= 15 is 0 Å². The van der Waals surface area contributed by atoms with E-state index in [1.165, 1.54) is 6.20 Å². The normalized spacial score (nSPS) is 10.4. The topological polar surface area (TPSA) is 38.0 Å². The van der Waals surface area contributed by atoms with E-state index in [0.29, 0.717) is 0 Å². The van der Waals surface area contributed by atoms with E-state index in [0.717, 1.165) is 16.9 Å². The minimum Gasteiger partial charge on any atom is -0.504 e. The van der Waals surface area contributed by atoms with E-state index in [4.69, 9.17) is 0 Å². The largest absolute Gasteiger partial charge is 0.504 e. The molecule has 0 aliphatic heterocycles. The minimum atomic E-state index is 0.230. The average Bonchev–Trinajstić information content (AvgIpc) is 2.49. The second-order valence-corrected chi connectivity index (χ2v) is 3.31. The first kappa shape index (κ1) is 8.81. The van der Waals surface area contributed by atoms with E-state index in [1.54, 1.807) is 4.68 Å². The summed E-state index contributed by atoms with van der Waals surface area (Å²) >= 11 is 0. The van der Waals surface area contributed by atoms with Crippen molar-refractivity contribution in [3.05, 3.63) is 41.7 Å². The number of benzene rings is 1. The smallest absolute Gasteiger partial charge is 0.156 e. The lowest BCUT2D eigenvalue weighted by Crippen LogP contribution is -2.00. The van der Waals surface area contributed by atoms with Crippen molar-refractivity contribution >= 4 is 0 Å². The maximum absolute atomic E-state index is 9.41. The fourth-order valence-electron chi connectivity index (χ4n) is 1.44. The van der Waals surface area contributed by atoms with Crippen molar-refractivity contribution in [1.29, 1.82) is 0 Å². The molecule has 3 heteroatoms. The van der Waals surface area contributed by atoms with Gasteiger partial charge in [-0.2, -0.15) is 5.10 Å². The van der Waals surface area contributed by atoms with Crippen molar-refractivity contribution in [2.24, 2.45) is 0 Å². The SMILES string of the molecule is Cc1ccccc1-n1ncc(O)c1C. The number of nitrogens with zero attached hydrogens (tertiary/aromatic N) is 2. The van der Waals surface area contributed by atoms with Gasteiger partial charge in [0.05, 0.1) is 17.6 Å². The third-order valence-corrected chi connectivity index (χ3v) is 2.33. The molecule has 1 aromatic carbocycles. The van der Waals surface area contributed by atoms with Gasteiger partial charge in [0.25, 0.3) is 0 Å². The summed E-state index contributed by atoms with van der Waals surface area (Å²) in [6.07, 6.45) is 1.46. The highest BCUT2D eigenvalue weighted by atomic mass is 16.3. The molecule has 0 aliphatic carbocycles. The van der Waals surface area contributed by atoms with Crippen LogP contribution in [0.4, 0.5) is 0 Å². The standard InChI is InChI=1S/C11H12N2O/c1-8-5-3-4-6-10(8)13-9(2)11(14)7-12-13/h3-7,14H,1-2H3. The van der Waals surface area contributed by atoms with Gasteiger partial charge in [-0.05, 0) is 25.5 Å². The Balaban J connectivity index is 2.60. The van der Waals surface area contributed by atoms with Crippen molar-refractivity contribution in [2.75, 3.05) is 0 Å². The molecule has 1 aromatic heterocycles. The van der Waals surface area contributed by atoms with Gasteiger partial charge in [-0.1, -0.05) is 18.2 Å². The summed E-state index contributed by atoms with van der Waals surface area (Å²) in [5, 5.41) is 13.5. The predicted molar refractivity (Wildman–Crippen MR) is 54.7 cm³/mol. The van der Waals surface area contributed by atoms with Crippen LogP contribution in [-0.4, -0.2) is 14.9 Å². The van der Waals surface area contributed by atoms with Crippen molar-refractivity contribution in [3.8, 4) is 11.4 Å². The lowest BCUT2D eigenvalue weighted by molar-refractivity contribution is 0.470. The number of hydrogen-bond donors (Lipinski definition) is 1. The van der Waals surface area contributed by atoms with Gasteiger partial charge >= 0.3 is 0 Å². The first-order chi connectivity index (χ1) is 6.70. The second-order valence-electron chi connectivity index (χ2n) is 3.31. The lowest BCUT2D eigenvalue weighted by Gasteiger charge is -2.06. The fourth-order valence-corrected chi connectivity index (χ4v) is 1.44. The molecule has 0 amide bonds. The van der Waals surface area contributed by atoms with Crippen molar-refractivity contribution in [1.82, 2.24) is 9.78 Å². The second kappa shape index (κ2) is 3.18. The molecule has 0 bridgehead atoms. The molecule has 1 N–H and O–H groups in total. The molecule has 0 unspecified atom stereocenters. The van der Waals surface area contributed by atoms with Crippen LogP contribution in [0.2, 0.25) is 0 Å². The van der Waals surface area contributed by atoms with Crippen LogP contribution in [0.15, 0.2) is 30.5 Å². The monoisotopic (exact) mass is 188 g/mol. The van der Waals surface area contributed by atoms with Gasteiger partial charge in [0.1, 0.15) is 0 Å². The lowest BCUT2D eigenvalue weighted by atomic mass is 10.2. The predicted octanol–water partition coefficient (Wildman–Crippen LogP) is 2.19. The van der Waals surface area contributed by atoms with Crippen LogP contribution < -0.4 is 0 Å². The molecular formula is C11H12N2O. The van der Waals surface area contributed by atoms with Gasteiger partial charge in [0.15, 0.2) is 5.75 Å². The molecular weight excluding hydrogens is 176 g/mol. The Morgan fingerprint density at radius 1 is 1.21 bits per heavy atom. The number of aryl methyl sites for hydroxylation is 1. The van der Waals surface area contributed by atoms with Gasteiger partial charge < -0.3 is 5.11 Å². The van der Waals surface area contributed by atoms with Crippen LogP contribution in [-0.2, 0) is 0 Å². The molecule has 0 fully saturated rings. The Labute approximate surface area is 82.6 Å². The maximum atomic E-state index is 9.41. The minimum absolute atomic E-state index is 0.230. The molecule has 14 heavy (non-hydrogen) atoms. The van der Waals surface area contributed by atoms with Crippen LogP contribution in [0.25, 0.3) is 5.69 Å². The van der Waals surface area contributed by atoms with Crippen LogP contribution in [0.5, 0.6) is 5.75 Å².